The molecule has 0 radical (unpaired) electrons. The molecule has 1 aliphatic rings. The summed E-state index contributed by atoms with van der Waals surface area (Å²) in [5, 5.41) is 10.8. The van der Waals surface area contributed by atoms with E-state index in [1.54, 1.807) is 0 Å². The molecule has 0 amide bonds. The Balaban J connectivity index is 2.00. The van der Waals surface area contributed by atoms with Gasteiger partial charge in [-0.05, 0) is 49.3 Å². The highest BCUT2D eigenvalue weighted by atomic mass is 35.5. The van der Waals surface area contributed by atoms with Gasteiger partial charge in [-0.3, -0.25) is 0 Å². The Hall–Kier alpha value is -0.240. The zero-order chi connectivity index (χ0) is 11.5. The van der Waals surface area contributed by atoms with Crippen molar-refractivity contribution in [2.24, 2.45) is 5.92 Å². The topological polar surface area (TPSA) is 20.2 Å². The molecule has 0 bridgehead atoms. The normalized spacial score (nSPS) is 25.7. The van der Waals surface area contributed by atoms with Crippen LogP contribution in [0.2, 0.25) is 10.0 Å². The molecular formula is C13H16Cl2O. The third-order valence-electron chi connectivity index (χ3n) is 3.26. The number of aliphatic hydroxyl groups is 1. The lowest BCUT2D eigenvalue weighted by Crippen LogP contribution is -2.20. The molecule has 1 saturated carbocycles. The van der Waals surface area contributed by atoms with Crippen LogP contribution in [0.4, 0.5) is 0 Å². The van der Waals surface area contributed by atoms with Crippen molar-refractivity contribution < 1.29 is 5.11 Å². The first kappa shape index (κ1) is 12.2. The van der Waals surface area contributed by atoms with E-state index in [0.29, 0.717) is 16.0 Å². The number of hydrogen-bond donors (Lipinski definition) is 1. The Morgan fingerprint density at radius 3 is 2.69 bits per heavy atom. The third kappa shape index (κ3) is 3.13. The number of halogens is 2. The van der Waals surface area contributed by atoms with Crippen LogP contribution in [0.5, 0.6) is 0 Å². The van der Waals surface area contributed by atoms with Gasteiger partial charge in [-0.1, -0.05) is 35.7 Å². The largest absolute Gasteiger partial charge is 0.393 e. The maximum atomic E-state index is 9.61. The Labute approximate surface area is 106 Å². The van der Waals surface area contributed by atoms with E-state index in [9.17, 15) is 5.11 Å². The Morgan fingerprint density at radius 1 is 1.19 bits per heavy atom. The minimum absolute atomic E-state index is 0.110. The van der Waals surface area contributed by atoms with E-state index in [1.165, 1.54) is 12.0 Å². The van der Waals surface area contributed by atoms with E-state index >= 15 is 0 Å². The lowest BCUT2D eigenvalue weighted by molar-refractivity contribution is 0.101. The summed E-state index contributed by atoms with van der Waals surface area (Å²) in [6.07, 6.45) is 5.10. The van der Waals surface area contributed by atoms with Crippen molar-refractivity contribution in [2.75, 3.05) is 0 Å². The zero-order valence-corrected chi connectivity index (χ0v) is 10.6. The minimum atomic E-state index is -0.110. The van der Waals surface area contributed by atoms with Gasteiger partial charge in [-0.2, -0.15) is 0 Å². The van der Waals surface area contributed by atoms with Crippen LogP contribution in [0, 0.1) is 5.92 Å². The minimum Gasteiger partial charge on any atom is -0.393 e. The van der Waals surface area contributed by atoms with Gasteiger partial charge in [-0.25, -0.2) is 0 Å². The summed E-state index contributed by atoms with van der Waals surface area (Å²) < 4.78 is 0. The van der Waals surface area contributed by atoms with E-state index in [2.05, 4.69) is 0 Å². The van der Waals surface area contributed by atoms with Crippen molar-refractivity contribution in [1.29, 1.82) is 0 Å². The van der Waals surface area contributed by atoms with E-state index in [1.807, 2.05) is 18.2 Å². The summed E-state index contributed by atoms with van der Waals surface area (Å²) in [5.74, 6) is 0.584. The molecule has 16 heavy (non-hydrogen) atoms. The fraction of sp³-hybridized carbons (Fsp3) is 0.538. The van der Waals surface area contributed by atoms with Gasteiger partial charge in [0.15, 0.2) is 0 Å². The maximum absolute atomic E-state index is 9.61. The van der Waals surface area contributed by atoms with E-state index in [4.69, 9.17) is 23.2 Å². The molecule has 1 N–H and O–H groups in total. The molecule has 88 valence electrons. The van der Waals surface area contributed by atoms with Crippen LogP contribution in [0.25, 0.3) is 0 Å². The lowest BCUT2D eigenvalue weighted by Gasteiger charge is -2.25. The highest BCUT2D eigenvalue weighted by molar-refractivity contribution is 6.42. The van der Waals surface area contributed by atoms with Crippen LogP contribution in [-0.4, -0.2) is 11.2 Å². The highest BCUT2D eigenvalue weighted by Gasteiger charge is 2.20. The summed E-state index contributed by atoms with van der Waals surface area (Å²) in [6.45, 7) is 0. The van der Waals surface area contributed by atoms with Crippen LogP contribution in [-0.2, 0) is 6.42 Å². The fourth-order valence-corrected chi connectivity index (χ4v) is 2.77. The van der Waals surface area contributed by atoms with Crippen LogP contribution in [0.15, 0.2) is 18.2 Å². The monoisotopic (exact) mass is 258 g/mol. The van der Waals surface area contributed by atoms with Crippen LogP contribution in [0.1, 0.15) is 31.2 Å². The number of aliphatic hydroxyl groups excluding tert-OH is 1. The van der Waals surface area contributed by atoms with E-state index in [0.717, 1.165) is 25.7 Å². The van der Waals surface area contributed by atoms with Crippen LogP contribution >= 0.6 is 23.2 Å². The van der Waals surface area contributed by atoms with E-state index in [-0.39, 0.29) is 6.10 Å². The number of hydrogen-bond acceptors (Lipinski definition) is 1. The van der Waals surface area contributed by atoms with Crippen molar-refractivity contribution in [3.05, 3.63) is 33.8 Å². The standard InChI is InChI=1S/C13H16Cl2O/c14-12-5-4-10(8-13(12)15)6-9-2-1-3-11(16)7-9/h4-5,8-9,11,16H,1-3,6-7H2. The second kappa shape index (κ2) is 5.39. The van der Waals surface area contributed by atoms with Gasteiger partial charge in [0.25, 0.3) is 0 Å². The van der Waals surface area contributed by atoms with Gasteiger partial charge in [0, 0.05) is 0 Å². The second-order valence-electron chi connectivity index (χ2n) is 4.64. The van der Waals surface area contributed by atoms with Gasteiger partial charge in [0.2, 0.25) is 0 Å². The summed E-state index contributed by atoms with van der Waals surface area (Å²) in [6, 6.07) is 5.80. The molecule has 1 nitrogen and oxygen atoms in total. The zero-order valence-electron chi connectivity index (χ0n) is 9.13. The summed E-state index contributed by atoms with van der Waals surface area (Å²) in [7, 11) is 0. The molecule has 2 unspecified atom stereocenters. The van der Waals surface area contributed by atoms with Crippen molar-refractivity contribution in [1.82, 2.24) is 0 Å². The molecule has 0 aromatic heterocycles. The SMILES string of the molecule is OC1CCCC(Cc2ccc(Cl)c(Cl)c2)C1. The van der Waals surface area contributed by atoms with Gasteiger partial charge < -0.3 is 5.11 Å². The van der Waals surface area contributed by atoms with Gasteiger partial charge in [-0.15, -0.1) is 0 Å². The molecule has 1 aromatic rings. The average Bonchev–Trinajstić information content (AvgIpc) is 2.24. The Morgan fingerprint density at radius 2 is 2.00 bits per heavy atom. The van der Waals surface area contributed by atoms with Crippen LogP contribution < -0.4 is 0 Å². The molecule has 2 atom stereocenters. The first-order valence-electron chi connectivity index (χ1n) is 5.77. The van der Waals surface area contributed by atoms with E-state index < -0.39 is 0 Å². The first-order chi connectivity index (χ1) is 7.65. The average molecular weight is 259 g/mol. The molecule has 0 spiro atoms. The molecule has 1 aromatic carbocycles. The molecule has 0 saturated heterocycles. The Bertz CT molecular complexity index is 365. The highest BCUT2D eigenvalue weighted by Crippen LogP contribution is 2.29. The predicted molar refractivity (Wildman–Crippen MR) is 68.1 cm³/mol. The molecule has 1 aliphatic carbocycles. The quantitative estimate of drug-likeness (QED) is 0.848. The first-order valence-corrected chi connectivity index (χ1v) is 6.52. The molecule has 2 rings (SSSR count). The molecule has 3 heteroatoms. The van der Waals surface area contributed by atoms with Crippen molar-refractivity contribution >= 4 is 23.2 Å². The van der Waals surface area contributed by atoms with Crippen molar-refractivity contribution in [2.45, 2.75) is 38.2 Å². The summed E-state index contributed by atoms with van der Waals surface area (Å²) in [5.41, 5.74) is 1.22. The van der Waals surface area contributed by atoms with Gasteiger partial charge in [0.05, 0.1) is 16.1 Å². The lowest BCUT2D eigenvalue weighted by atomic mass is 9.83. The summed E-state index contributed by atoms with van der Waals surface area (Å²) >= 11 is 11.9. The molecule has 1 fully saturated rings. The van der Waals surface area contributed by atoms with Gasteiger partial charge in [0.1, 0.15) is 0 Å². The summed E-state index contributed by atoms with van der Waals surface area (Å²) in [4.78, 5) is 0. The number of rotatable bonds is 2. The molecule has 0 heterocycles. The fourth-order valence-electron chi connectivity index (χ4n) is 2.45. The van der Waals surface area contributed by atoms with Gasteiger partial charge >= 0.3 is 0 Å². The van der Waals surface area contributed by atoms with Crippen molar-refractivity contribution in [3.8, 4) is 0 Å². The maximum Gasteiger partial charge on any atom is 0.0595 e. The molecule has 0 aliphatic heterocycles. The second-order valence-corrected chi connectivity index (χ2v) is 5.45. The number of benzene rings is 1. The Kier molecular flexibility index (Phi) is 4.12. The van der Waals surface area contributed by atoms with Crippen LogP contribution in [0.3, 0.4) is 0 Å². The predicted octanol–water partition coefficient (Wildman–Crippen LogP) is 4.09. The third-order valence-corrected chi connectivity index (χ3v) is 4.00. The smallest absolute Gasteiger partial charge is 0.0595 e. The van der Waals surface area contributed by atoms with Crippen molar-refractivity contribution in [3.63, 3.8) is 0 Å². The molecular weight excluding hydrogens is 243 g/mol.